The van der Waals surface area contributed by atoms with Crippen LogP contribution >= 0.6 is 11.6 Å². The summed E-state index contributed by atoms with van der Waals surface area (Å²) in [5.74, 6) is 0.624. The molecule has 130 valence electrons. The predicted octanol–water partition coefficient (Wildman–Crippen LogP) is 3.29. The lowest BCUT2D eigenvalue weighted by Crippen LogP contribution is -2.37. The van der Waals surface area contributed by atoms with Crippen molar-refractivity contribution in [1.82, 2.24) is 10.1 Å². The van der Waals surface area contributed by atoms with Crippen molar-refractivity contribution in [3.8, 4) is 11.1 Å². The molecule has 4 rings (SSSR count). The van der Waals surface area contributed by atoms with Crippen LogP contribution in [0.3, 0.4) is 0 Å². The van der Waals surface area contributed by atoms with Crippen LogP contribution in [-0.2, 0) is 4.74 Å². The third kappa shape index (κ3) is 2.71. The van der Waals surface area contributed by atoms with Crippen molar-refractivity contribution in [2.45, 2.75) is 13.8 Å². The van der Waals surface area contributed by atoms with Crippen molar-refractivity contribution in [3.05, 3.63) is 45.0 Å². The Balaban J connectivity index is 2.10. The van der Waals surface area contributed by atoms with Gasteiger partial charge >= 0.3 is 0 Å². The van der Waals surface area contributed by atoms with Gasteiger partial charge in [0.05, 0.1) is 41.2 Å². The number of ether oxygens (including phenoxy) is 1. The largest absolute Gasteiger partial charge is 0.378 e. The van der Waals surface area contributed by atoms with E-state index in [9.17, 15) is 4.79 Å². The summed E-state index contributed by atoms with van der Waals surface area (Å²) < 4.78 is 10.8. The number of nitrogens with one attached hydrogen (secondary N) is 1. The van der Waals surface area contributed by atoms with Gasteiger partial charge in [0.15, 0.2) is 0 Å². The third-order valence-electron chi connectivity index (χ3n) is 4.56. The molecule has 1 N–H and O–H groups in total. The van der Waals surface area contributed by atoms with Gasteiger partial charge in [0.1, 0.15) is 5.76 Å². The van der Waals surface area contributed by atoms with Gasteiger partial charge in [-0.3, -0.25) is 4.79 Å². The first-order valence-electron chi connectivity index (χ1n) is 8.17. The summed E-state index contributed by atoms with van der Waals surface area (Å²) in [5.41, 5.74) is 3.47. The van der Waals surface area contributed by atoms with Gasteiger partial charge < -0.3 is 19.1 Å². The number of fused-ring (bicyclic) bond motifs is 1. The molecule has 0 saturated carbocycles. The molecule has 25 heavy (non-hydrogen) atoms. The number of pyridine rings is 1. The summed E-state index contributed by atoms with van der Waals surface area (Å²) >= 11 is 6.24. The Morgan fingerprint density at radius 3 is 2.64 bits per heavy atom. The van der Waals surface area contributed by atoms with E-state index in [1.165, 1.54) is 0 Å². The first-order valence-corrected chi connectivity index (χ1v) is 8.55. The van der Waals surface area contributed by atoms with Crippen molar-refractivity contribution in [2.24, 2.45) is 0 Å². The van der Waals surface area contributed by atoms with Crippen LogP contribution in [0.5, 0.6) is 0 Å². The highest BCUT2D eigenvalue weighted by Gasteiger charge is 2.25. The van der Waals surface area contributed by atoms with Gasteiger partial charge in [-0.1, -0.05) is 16.8 Å². The van der Waals surface area contributed by atoms with E-state index in [1.807, 2.05) is 26.0 Å². The number of anilines is 1. The van der Waals surface area contributed by atoms with E-state index in [0.717, 1.165) is 22.2 Å². The SMILES string of the molecule is Cc1noc(C)c1-c1c(N2CCOCC2)c2cc(Cl)ccc2[nH]c1=O. The average molecular weight is 360 g/mol. The van der Waals surface area contributed by atoms with Crippen molar-refractivity contribution in [3.63, 3.8) is 0 Å². The molecule has 1 saturated heterocycles. The number of rotatable bonds is 2. The molecule has 7 heteroatoms. The van der Waals surface area contributed by atoms with Gasteiger partial charge in [-0.25, -0.2) is 0 Å². The Morgan fingerprint density at radius 2 is 1.96 bits per heavy atom. The summed E-state index contributed by atoms with van der Waals surface area (Å²) in [6, 6.07) is 5.50. The zero-order valence-electron chi connectivity index (χ0n) is 14.1. The molecular formula is C18H18ClN3O3. The minimum Gasteiger partial charge on any atom is -0.378 e. The molecule has 0 bridgehead atoms. The zero-order chi connectivity index (χ0) is 17.6. The highest BCUT2D eigenvalue weighted by molar-refractivity contribution is 6.31. The Hall–Kier alpha value is -2.31. The molecule has 0 aliphatic carbocycles. The topological polar surface area (TPSA) is 71.4 Å². The van der Waals surface area contributed by atoms with Crippen LogP contribution in [0.4, 0.5) is 5.69 Å². The molecule has 0 radical (unpaired) electrons. The standard InChI is InChI=1S/C18H18ClN3O3/c1-10-15(11(2)25-21-10)16-17(22-5-7-24-8-6-22)13-9-12(19)3-4-14(13)20-18(16)23/h3-4,9H,5-8H2,1-2H3,(H,20,23). The van der Waals surface area contributed by atoms with Gasteiger partial charge in [0.25, 0.3) is 5.56 Å². The second kappa shape index (κ2) is 6.20. The Bertz CT molecular complexity index is 983. The summed E-state index contributed by atoms with van der Waals surface area (Å²) in [6.45, 7) is 6.32. The fraction of sp³-hybridized carbons (Fsp3) is 0.333. The molecule has 0 amide bonds. The number of hydrogen-bond donors (Lipinski definition) is 1. The van der Waals surface area contributed by atoms with Crippen LogP contribution in [0.1, 0.15) is 11.5 Å². The molecule has 6 nitrogen and oxygen atoms in total. The van der Waals surface area contributed by atoms with E-state index in [-0.39, 0.29) is 5.56 Å². The van der Waals surface area contributed by atoms with Gasteiger partial charge in [-0.2, -0.15) is 0 Å². The monoisotopic (exact) mass is 359 g/mol. The molecule has 0 spiro atoms. The molecule has 3 heterocycles. The number of nitrogens with zero attached hydrogens (tertiary/aromatic N) is 2. The molecule has 0 unspecified atom stereocenters. The molecule has 1 aromatic carbocycles. The van der Waals surface area contributed by atoms with Crippen LogP contribution in [0.15, 0.2) is 27.5 Å². The first kappa shape index (κ1) is 16.2. The van der Waals surface area contributed by atoms with Gasteiger partial charge in [-0.05, 0) is 32.0 Å². The summed E-state index contributed by atoms with van der Waals surface area (Å²) in [5, 5.41) is 5.55. The Kier molecular flexibility index (Phi) is 4.01. The highest BCUT2D eigenvalue weighted by Crippen LogP contribution is 2.38. The number of aromatic nitrogens is 2. The number of aromatic amines is 1. The molecule has 1 fully saturated rings. The number of hydrogen-bond acceptors (Lipinski definition) is 5. The van der Waals surface area contributed by atoms with Crippen LogP contribution in [-0.4, -0.2) is 36.4 Å². The maximum atomic E-state index is 13.0. The predicted molar refractivity (Wildman–Crippen MR) is 97.6 cm³/mol. The van der Waals surface area contributed by atoms with E-state index in [0.29, 0.717) is 48.3 Å². The van der Waals surface area contributed by atoms with Crippen molar-refractivity contribution in [1.29, 1.82) is 0 Å². The van der Waals surface area contributed by atoms with Crippen LogP contribution < -0.4 is 10.5 Å². The fourth-order valence-corrected chi connectivity index (χ4v) is 3.61. The quantitative estimate of drug-likeness (QED) is 0.760. The van der Waals surface area contributed by atoms with Gasteiger partial charge in [-0.15, -0.1) is 0 Å². The molecule has 0 atom stereocenters. The molecule has 1 aliphatic rings. The Labute approximate surface area is 149 Å². The number of halogens is 1. The minimum absolute atomic E-state index is 0.161. The van der Waals surface area contributed by atoms with Crippen molar-refractivity contribution < 1.29 is 9.26 Å². The van der Waals surface area contributed by atoms with Crippen LogP contribution in [0.25, 0.3) is 22.0 Å². The van der Waals surface area contributed by atoms with E-state index >= 15 is 0 Å². The number of benzene rings is 1. The van der Waals surface area contributed by atoms with Crippen molar-refractivity contribution >= 4 is 28.2 Å². The van der Waals surface area contributed by atoms with E-state index in [2.05, 4.69) is 15.0 Å². The van der Waals surface area contributed by atoms with E-state index in [1.54, 1.807) is 6.07 Å². The highest BCUT2D eigenvalue weighted by atomic mass is 35.5. The van der Waals surface area contributed by atoms with Crippen LogP contribution in [0, 0.1) is 13.8 Å². The summed E-state index contributed by atoms with van der Waals surface area (Å²) in [4.78, 5) is 18.1. The maximum absolute atomic E-state index is 13.0. The van der Waals surface area contributed by atoms with Gasteiger partial charge in [0, 0.05) is 23.5 Å². The Morgan fingerprint density at radius 1 is 1.20 bits per heavy atom. The lowest BCUT2D eigenvalue weighted by atomic mass is 9.99. The molecule has 3 aromatic rings. The van der Waals surface area contributed by atoms with E-state index < -0.39 is 0 Å². The smallest absolute Gasteiger partial charge is 0.258 e. The minimum atomic E-state index is -0.161. The fourth-order valence-electron chi connectivity index (χ4n) is 3.44. The number of aryl methyl sites for hydroxylation is 2. The second-order valence-corrected chi connectivity index (χ2v) is 6.60. The zero-order valence-corrected chi connectivity index (χ0v) is 14.8. The molecule has 1 aliphatic heterocycles. The third-order valence-corrected chi connectivity index (χ3v) is 4.79. The average Bonchev–Trinajstić information content (AvgIpc) is 2.93. The number of morpholine rings is 1. The summed E-state index contributed by atoms with van der Waals surface area (Å²) in [6.07, 6.45) is 0. The lowest BCUT2D eigenvalue weighted by Gasteiger charge is -2.31. The molecule has 2 aromatic heterocycles. The first-order chi connectivity index (χ1) is 12.1. The van der Waals surface area contributed by atoms with E-state index in [4.69, 9.17) is 20.9 Å². The number of H-pyrrole nitrogens is 1. The molecular weight excluding hydrogens is 342 g/mol. The maximum Gasteiger partial charge on any atom is 0.258 e. The van der Waals surface area contributed by atoms with Gasteiger partial charge in [0.2, 0.25) is 0 Å². The summed E-state index contributed by atoms with van der Waals surface area (Å²) in [7, 11) is 0. The van der Waals surface area contributed by atoms with Crippen LogP contribution in [0.2, 0.25) is 5.02 Å². The normalized spacial score (nSPS) is 15.1. The second-order valence-electron chi connectivity index (χ2n) is 6.17. The lowest BCUT2D eigenvalue weighted by molar-refractivity contribution is 0.123. The van der Waals surface area contributed by atoms with Crippen molar-refractivity contribution in [2.75, 3.05) is 31.2 Å².